The van der Waals surface area contributed by atoms with E-state index in [4.69, 9.17) is 10.3 Å². The molecule has 1 aromatic rings. The number of methoxy groups -OCH3 is 1. The van der Waals surface area contributed by atoms with Gasteiger partial charge in [0.05, 0.1) is 12.8 Å². The van der Waals surface area contributed by atoms with E-state index in [1.807, 2.05) is 0 Å². The summed E-state index contributed by atoms with van der Waals surface area (Å²) in [6, 6.07) is 4.72. The number of benzene rings is 1. The van der Waals surface area contributed by atoms with E-state index in [9.17, 15) is 9.90 Å². The fourth-order valence-corrected chi connectivity index (χ4v) is 2.14. The first-order valence-electron chi connectivity index (χ1n) is 5.84. The number of amides is 1. The van der Waals surface area contributed by atoms with Gasteiger partial charge in [-0.2, -0.15) is 0 Å². The van der Waals surface area contributed by atoms with Gasteiger partial charge in [0.1, 0.15) is 11.5 Å². The lowest BCUT2D eigenvalue weighted by molar-refractivity contribution is -0.117. The maximum Gasteiger partial charge on any atom is 0.227 e. The fourth-order valence-electron chi connectivity index (χ4n) is 2.14. The van der Waals surface area contributed by atoms with Crippen LogP contribution in [0, 0.1) is 5.92 Å². The Morgan fingerprint density at radius 1 is 1.63 bits per heavy atom. The van der Waals surface area contributed by atoms with Gasteiger partial charge in [-0.25, -0.2) is 0 Å². The summed E-state index contributed by atoms with van der Waals surface area (Å²) in [7, 11) is 1.52. The number of ether oxygens (including phenoxy) is 1. The fraction of sp³-hybridized carbons (Fsp3) is 0.417. The number of aromatic hydroxyl groups is 1. The maximum absolute atomic E-state index is 11.9. The smallest absolute Gasteiger partial charge is 0.227 e. The van der Waals surface area contributed by atoms with Gasteiger partial charge >= 0.3 is 0 Å². The lowest BCUT2D eigenvalue weighted by Crippen LogP contribution is -2.24. The van der Waals surface area contributed by atoms with E-state index in [0.29, 0.717) is 24.4 Å². The minimum Gasteiger partial charge on any atom is -0.506 e. The Balaban J connectivity index is 2.22. The average Bonchev–Trinajstić information content (AvgIpc) is 2.78. The molecule has 1 aliphatic rings. The third kappa shape index (κ3) is 2.71. The van der Waals surface area contributed by atoms with E-state index in [0.717, 1.165) is 0 Å². The van der Waals surface area contributed by atoms with Crippen molar-refractivity contribution in [3.05, 3.63) is 28.6 Å². The van der Waals surface area contributed by atoms with E-state index in [1.165, 1.54) is 18.1 Å². The molecule has 1 unspecified atom stereocenters. The number of carbonyl (C=O) groups excluding carboxylic acids is 1. The summed E-state index contributed by atoms with van der Waals surface area (Å²) in [5.41, 5.74) is 8.71. The SMILES string of the molecule is COc1ccc(O)c(N2CC(CN=[N+]=[N-])CC2=O)c1. The Morgan fingerprint density at radius 2 is 2.42 bits per heavy atom. The number of nitrogens with zero attached hydrogens (tertiary/aromatic N) is 4. The molecule has 1 saturated heterocycles. The highest BCUT2D eigenvalue weighted by molar-refractivity contribution is 5.97. The van der Waals surface area contributed by atoms with Gasteiger partial charge in [-0.15, -0.1) is 0 Å². The average molecular weight is 262 g/mol. The number of phenolic OH excluding ortho intramolecular Hbond substituents is 1. The zero-order chi connectivity index (χ0) is 13.8. The van der Waals surface area contributed by atoms with Crippen molar-refractivity contribution in [2.75, 3.05) is 25.1 Å². The zero-order valence-electron chi connectivity index (χ0n) is 10.5. The number of hydrogen-bond acceptors (Lipinski definition) is 4. The molecule has 0 saturated carbocycles. The first kappa shape index (κ1) is 13.0. The lowest BCUT2D eigenvalue weighted by atomic mass is 10.1. The molecule has 0 aromatic heterocycles. The van der Waals surface area contributed by atoms with Crippen LogP contribution in [-0.4, -0.2) is 31.2 Å². The van der Waals surface area contributed by atoms with Crippen LogP contribution in [0.4, 0.5) is 5.69 Å². The third-order valence-electron chi connectivity index (χ3n) is 3.08. The molecular weight excluding hydrogens is 248 g/mol. The monoisotopic (exact) mass is 262 g/mol. The molecule has 1 aliphatic heterocycles. The second kappa shape index (κ2) is 5.49. The predicted octanol–water partition coefficient (Wildman–Crippen LogP) is 2.06. The van der Waals surface area contributed by atoms with Crippen molar-refractivity contribution in [2.24, 2.45) is 11.0 Å². The van der Waals surface area contributed by atoms with Gasteiger partial charge in [0.25, 0.3) is 0 Å². The van der Waals surface area contributed by atoms with Crippen LogP contribution in [0.3, 0.4) is 0 Å². The van der Waals surface area contributed by atoms with E-state index in [-0.39, 0.29) is 24.1 Å². The van der Waals surface area contributed by atoms with Gasteiger partial charge < -0.3 is 14.7 Å². The molecule has 2 rings (SSSR count). The van der Waals surface area contributed by atoms with Gasteiger partial charge in [-0.1, -0.05) is 5.11 Å². The van der Waals surface area contributed by atoms with Crippen molar-refractivity contribution >= 4 is 11.6 Å². The quantitative estimate of drug-likeness (QED) is 0.510. The second-order valence-electron chi connectivity index (χ2n) is 4.34. The van der Waals surface area contributed by atoms with Crippen LogP contribution >= 0.6 is 0 Å². The second-order valence-corrected chi connectivity index (χ2v) is 4.34. The number of azide groups is 1. The van der Waals surface area contributed by atoms with Crippen LogP contribution in [0.5, 0.6) is 11.5 Å². The molecule has 19 heavy (non-hydrogen) atoms. The number of rotatable bonds is 4. The van der Waals surface area contributed by atoms with Gasteiger partial charge in [0, 0.05) is 30.5 Å². The molecule has 1 N–H and O–H groups in total. The van der Waals surface area contributed by atoms with Crippen molar-refractivity contribution in [3.8, 4) is 11.5 Å². The first-order valence-corrected chi connectivity index (χ1v) is 5.84. The summed E-state index contributed by atoms with van der Waals surface area (Å²) in [4.78, 5) is 16.1. The Hall–Kier alpha value is -2.40. The van der Waals surface area contributed by atoms with Crippen LogP contribution in [0.2, 0.25) is 0 Å². The molecule has 1 heterocycles. The third-order valence-corrected chi connectivity index (χ3v) is 3.08. The summed E-state index contributed by atoms with van der Waals surface area (Å²) in [5.74, 6) is 0.480. The van der Waals surface area contributed by atoms with Crippen molar-refractivity contribution in [2.45, 2.75) is 6.42 Å². The van der Waals surface area contributed by atoms with E-state index in [1.54, 1.807) is 12.1 Å². The molecule has 0 radical (unpaired) electrons. The van der Waals surface area contributed by atoms with Crippen LogP contribution in [0.25, 0.3) is 10.4 Å². The Bertz CT molecular complexity index is 540. The van der Waals surface area contributed by atoms with Crippen molar-refractivity contribution < 1.29 is 14.6 Å². The molecule has 7 heteroatoms. The summed E-state index contributed by atoms with van der Waals surface area (Å²) in [6.45, 7) is 0.710. The Labute approximate surface area is 110 Å². The molecular formula is C12H14N4O3. The van der Waals surface area contributed by atoms with Crippen LogP contribution in [0.15, 0.2) is 23.3 Å². The lowest BCUT2D eigenvalue weighted by Gasteiger charge is -2.18. The van der Waals surface area contributed by atoms with Gasteiger partial charge in [-0.05, 0) is 23.6 Å². The van der Waals surface area contributed by atoms with Crippen molar-refractivity contribution in [1.29, 1.82) is 0 Å². The molecule has 1 fully saturated rings. The standard InChI is InChI=1S/C12H14N4O3/c1-19-9-2-3-11(17)10(5-9)16-7-8(4-12(16)18)6-14-15-13/h2-3,5,8,17H,4,6-7H2,1H3. The Kier molecular flexibility index (Phi) is 3.77. The highest BCUT2D eigenvalue weighted by Gasteiger charge is 2.31. The highest BCUT2D eigenvalue weighted by Crippen LogP contribution is 2.35. The van der Waals surface area contributed by atoms with Crippen LogP contribution < -0.4 is 9.64 Å². The number of carbonyl (C=O) groups is 1. The van der Waals surface area contributed by atoms with Gasteiger partial charge in [0.2, 0.25) is 5.91 Å². The molecule has 1 amide bonds. The van der Waals surface area contributed by atoms with Crippen LogP contribution in [0.1, 0.15) is 6.42 Å². The van der Waals surface area contributed by atoms with Gasteiger partial charge in [0.15, 0.2) is 0 Å². The summed E-state index contributed by atoms with van der Waals surface area (Å²) in [6.07, 6.45) is 0.315. The Morgan fingerprint density at radius 3 is 3.11 bits per heavy atom. The van der Waals surface area contributed by atoms with Crippen molar-refractivity contribution in [1.82, 2.24) is 0 Å². The van der Waals surface area contributed by atoms with E-state index in [2.05, 4.69) is 10.0 Å². The first-order chi connectivity index (χ1) is 9.15. The molecule has 1 aromatic carbocycles. The van der Waals surface area contributed by atoms with Crippen LogP contribution in [-0.2, 0) is 4.79 Å². The molecule has 0 aliphatic carbocycles. The number of anilines is 1. The largest absolute Gasteiger partial charge is 0.506 e. The summed E-state index contributed by atoms with van der Waals surface area (Å²) >= 11 is 0. The highest BCUT2D eigenvalue weighted by atomic mass is 16.5. The van der Waals surface area contributed by atoms with E-state index < -0.39 is 0 Å². The molecule has 0 spiro atoms. The maximum atomic E-state index is 11.9. The molecule has 1 atom stereocenters. The normalized spacial score (nSPS) is 18.3. The molecule has 7 nitrogen and oxygen atoms in total. The summed E-state index contributed by atoms with van der Waals surface area (Å²) < 4.78 is 5.08. The zero-order valence-corrected chi connectivity index (χ0v) is 10.5. The predicted molar refractivity (Wildman–Crippen MR) is 69.1 cm³/mol. The minimum absolute atomic E-state index is 0.0194. The minimum atomic E-state index is -0.0957. The molecule has 100 valence electrons. The van der Waals surface area contributed by atoms with Crippen molar-refractivity contribution in [3.63, 3.8) is 0 Å². The number of phenols is 1. The molecule has 0 bridgehead atoms. The topological polar surface area (TPSA) is 98.5 Å². The summed E-state index contributed by atoms with van der Waals surface area (Å²) in [5, 5.41) is 13.3. The van der Waals surface area contributed by atoms with Gasteiger partial charge in [-0.3, -0.25) is 4.79 Å². The van der Waals surface area contributed by atoms with E-state index >= 15 is 0 Å². The number of hydrogen-bond donors (Lipinski definition) is 1.